The summed E-state index contributed by atoms with van der Waals surface area (Å²) in [5.41, 5.74) is 5.36. The first kappa shape index (κ1) is 11.4. The molecule has 72 valence electrons. The average Bonchev–Trinajstić information content (AvgIpc) is 2.11. The van der Waals surface area contributed by atoms with Crippen LogP contribution in [0.15, 0.2) is 0 Å². The molecular formula is C8H18N2O2. The summed E-state index contributed by atoms with van der Waals surface area (Å²) < 4.78 is 4.88. The zero-order valence-electron chi connectivity index (χ0n) is 7.88. The molecule has 1 amide bonds. The van der Waals surface area contributed by atoms with Gasteiger partial charge < -0.3 is 15.4 Å². The van der Waals surface area contributed by atoms with Crippen molar-refractivity contribution in [3.05, 3.63) is 0 Å². The lowest BCUT2D eigenvalue weighted by Crippen LogP contribution is -2.37. The third-order valence-corrected chi connectivity index (χ3v) is 1.62. The normalized spacial score (nSPS) is 9.92. The first-order valence-corrected chi connectivity index (χ1v) is 4.23. The van der Waals surface area contributed by atoms with Crippen molar-refractivity contribution in [3.63, 3.8) is 0 Å². The first-order chi connectivity index (χ1) is 5.76. The van der Waals surface area contributed by atoms with Crippen LogP contribution in [0.1, 0.15) is 13.3 Å². The molecule has 4 heteroatoms. The average molecular weight is 174 g/mol. The van der Waals surface area contributed by atoms with E-state index in [4.69, 9.17) is 10.5 Å². The lowest BCUT2D eigenvalue weighted by Gasteiger charge is -2.20. The molecule has 2 N–H and O–H groups in total. The number of amides is 1. The molecule has 4 nitrogen and oxygen atoms in total. The van der Waals surface area contributed by atoms with Gasteiger partial charge in [-0.1, -0.05) is 6.92 Å². The topological polar surface area (TPSA) is 55.6 Å². The lowest BCUT2D eigenvalue weighted by molar-refractivity contribution is -0.131. The molecule has 0 radical (unpaired) electrons. The Bertz CT molecular complexity index is 128. The Kier molecular flexibility index (Phi) is 6.70. The third kappa shape index (κ3) is 4.31. The molecule has 0 bridgehead atoms. The molecule has 0 aliphatic heterocycles. The van der Waals surface area contributed by atoms with Crippen LogP contribution in [0.4, 0.5) is 0 Å². The number of carbonyl (C=O) groups excluding carboxylic acids is 1. The van der Waals surface area contributed by atoms with Crippen LogP contribution in [-0.2, 0) is 9.53 Å². The van der Waals surface area contributed by atoms with Crippen LogP contribution in [0.25, 0.3) is 0 Å². The number of ether oxygens (including phenoxy) is 1. The van der Waals surface area contributed by atoms with Crippen molar-refractivity contribution in [1.82, 2.24) is 4.90 Å². The SMILES string of the molecule is CCC(=O)N(CCN)CCOC. The Morgan fingerprint density at radius 1 is 1.50 bits per heavy atom. The van der Waals surface area contributed by atoms with Crippen LogP contribution in [0, 0.1) is 0 Å². The van der Waals surface area contributed by atoms with Crippen molar-refractivity contribution in [3.8, 4) is 0 Å². The highest BCUT2D eigenvalue weighted by molar-refractivity contribution is 5.75. The maximum atomic E-state index is 11.2. The summed E-state index contributed by atoms with van der Waals surface area (Å²) in [5, 5.41) is 0. The fourth-order valence-electron chi connectivity index (χ4n) is 0.942. The number of nitrogens with two attached hydrogens (primary N) is 1. The standard InChI is InChI=1S/C8H18N2O2/c1-3-8(11)10(5-4-9)6-7-12-2/h3-7,9H2,1-2H3. The molecule has 0 rings (SSSR count). The highest BCUT2D eigenvalue weighted by Crippen LogP contribution is 1.92. The molecule has 0 aromatic heterocycles. The number of carbonyl (C=O) groups is 1. The van der Waals surface area contributed by atoms with E-state index in [2.05, 4.69) is 0 Å². The fourth-order valence-corrected chi connectivity index (χ4v) is 0.942. The first-order valence-electron chi connectivity index (χ1n) is 4.23. The van der Waals surface area contributed by atoms with Gasteiger partial charge in [-0.25, -0.2) is 0 Å². The zero-order valence-corrected chi connectivity index (χ0v) is 7.88. The Morgan fingerprint density at radius 2 is 2.17 bits per heavy atom. The minimum absolute atomic E-state index is 0.137. The second kappa shape index (κ2) is 7.06. The van der Waals surface area contributed by atoms with E-state index in [0.717, 1.165) is 0 Å². The minimum atomic E-state index is 0.137. The van der Waals surface area contributed by atoms with Crippen molar-refractivity contribution in [2.24, 2.45) is 5.73 Å². The number of hydrogen-bond acceptors (Lipinski definition) is 3. The van der Waals surface area contributed by atoms with Crippen LogP contribution < -0.4 is 5.73 Å². The molecule has 0 spiro atoms. The van der Waals surface area contributed by atoms with Crippen molar-refractivity contribution in [1.29, 1.82) is 0 Å². The molecule has 0 aliphatic carbocycles. The quantitative estimate of drug-likeness (QED) is 0.608. The van der Waals surface area contributed by atoms with Gasteiger partial charge in [0.15, 0.2) is 0 Å². The van der Waals surface area contributed by atoms with Crippen molar-refractivity contribution in [2.75, 3.05) is 33.4 Å². The van der Waals surface area contributed by atoms with E-state index < -0.39 is 0 Å². The van der Waals surface area contributed by atoms with E-state index in [0.29, 0.717) is 32.7 Å². The molecule has 0 aromatic rings. The van der Waals surface area contributed by atoms with Crippen molar-refractivity contribution >= 4 is 5.91 Å². The van der Waals surface area contributed by atoms with Gasteiger partial charge in [-0.15, -0.1) is 0 Å². The van der Waals surface area contributed by atoms with E-state index in [1.807, 2.05) is 6.92 Å². The molecule has 0 saturated carbocycles. The minimum Gasteiger partial charge on any atom is -0.383 e. The summed E-state index contributed by atoms with van der Waals surface area (Å²) in [4.78, 5) is 12.9. The van der Waals surface area contributed by atoms with Gasteiger partial charge in [0, 0.05) is 33.2 Å². The second-order valence-electron chi connectivity index (χ2n) is 2.52. The maximum Gasteiger partial charge on any atom is 0.222 e. The molecule has 0 aliphatic rings. The number of nitrogens with zero attached hydrogens (tertiary/aromatic N) is 1. The maximum absolute atomic E-state index is 11.2. The number of methoxy groups -OCH3 is 1. The van der Waals surface area contributed by atoms with Crippen LogP contribution in [0.5, 0.6) is 0 Å². The predicted molar refractivity (Wildman–Crippen MR) is 47.8 cm³/mol. The van der Waals surface area contributed by atoms with Gasteiger partial charge in [0.25, 0.3) is 0 Å². The number of rotatable bonds is 6. The van der Waals surface area contributed by atoms with Crippen molar-refractivity contribution < 1.29 is 9.53 Å². The summed E-state index contributed by atoms with van der Waals surface area (Å²) >= 11 is 0. The van der Waals surface area contributed by atoms with Gasteiger partial charge in [-0.05, 0) is 0 Å². The molecule has 12 heavy (non-hydrogen) atoms. The van der Waals surface area contributed by atoms with Gasteiger partial charge in [-0.3, -0.25) is 4.79 Å². The van der Waals surface area contributed by atoms with E-state index in [1.54, 1.807) is 12.0 Å². The zero-order chi connectivity index (χ0) is 9.40. The molecule has 0 atom stereocenters. The molecule has 0 aromatic carbocycles. The Labute approximate surface area is 73.7 Å². The molecule has 0 unspecified atom stereocenters. The summed E-state index contributed by atoms with van der Waals surface area (Å²) in [5.74, 6) is 0.137. The summed E-state index contributed by atoms with van der Waals surface area (Å²) in [6, 6.07) is 0. The Balaban J connectivity index is 3.76. The lowest BCUT2D eigenvalue weighted by atomic mass is 10.3. The molecular weight excluding hydrogens is 156 g/mol. The van der Waals surface area contributed by atoms with Gasteiger partial charge >= 0.3 is 0 Å². The summed E-state index contributed by atoms with van der Waals surface area (Å²) in [6.45, 7) is 4.19. The molecule has 0 heterocycles. The summed E-state index contributed by atoms with van der Waals surface area (Å²) in [6.07, 6.45) is 0.531. The smallest absolute Gasteiger partial charge is 0.222 e. The third-order valence-electron chi connectivity index (χ3n) is 1.62. The van der Waals surface area contributed by atoms with Crippen LogP contribution in [-0.4, -0.2) is 44.2 Å². The van der Waals surface area contributed by atoms with E-state index in [9.17, 15) is 4.79 Å². The molecule has 0 fully saturated rings. The number of hydrogen-bond donors (Lipinski definition) is 1. The van der Waals surface area contributed by atoms with E-state index in [1.165, 1.54) is 0 Å². The largest absolute Gasteiger partial charge is 0.383 e. The molecule has 0 saturated heterocycles. The van der Waals surface area contributed by atoms with Gasteiger partial charge in [0.05, 0.1) is 6.61 Å². The monoisotopic (exact) mass is 174 g/mol. The highest BCUT2D eigenvalue weighted by atomic mass is 16.5. The van der Waals surface area contributed by atoms with Gasteiger partial charge in [0.2, 0.25) is 5.91 Å². The van der Waals surface area contributed by atoms with Crippen LogP contribution >= 0.6 is 0 Å². The van der Waals surface area contributed by atoms with Crippen LogP contribution in [0.3, 0.4) is 0 Å². The van der Waals surface area contributed by atoms with E-state index >= 15 is 0 Å². The van der Waals surface area contributed by atoms with Crippen LogP contribution in [0.2, 0.25) is 0 Å². The van der Waals surface area contributed by atoms with E-state index in [-0.39, 0.29) is 5.91 Å². The Hall–Kier alpha value is -0.610. The predicted octanol–water partition coefficient (Wildman–Crippen LogP) is -0.170. The summed E-state index contributed by atoms with van der Waals surface area (Å²) in [7, 11) is 1.62. The fraction of sp³-hybridized carbons (Fsp3) is 0.875. The van der Waals surface area contributed by atoms with Gasteiger partial charge in [0.1, 0.15) is 0 Å². The van der Waals surface area contributed by atoms with Crippen molar-refractivity contribution in [2.45, 2.75) is 13.3 Å². The second-order valence-corrected chi connectivity index (χ2v) is 2.52. The Morgan fingerprint density at radius 3 is 2.58 bits per heavy atom. The highest BCUT2D eigenvalue weighted by Gasteiger charge is 2.08. The van der Waals surface area contributed by atoms with Gasteiger partial charge in [-0.2, -0.15) is 0 Å².